The monoisotopic (exact) mass is 338 g/mol. The van der Waals surface area contributed by atoms with Crippen molar-refractivity contribution in [1.82, 2.24) is 0 Å². The smallest absolute Gasteiger partial charge is 0.350 e. The molecule has 23 heavy (non-hydrogen) atoms. The first kappa shape index (κ1) is 18.4. The van der Waals surface area contributed by atoms with Crippen LogP contribution in [-0.4, -0.2) is 52.4 Å². The van der Waals surface area contributed by atoms with Crippen LogP contribution in [0.2, 0.25) is 0 Å². The normalized spacial score (nSPS) is 31.0. The Kier molecular flexibility index (Phi) is 6.20. The lowest BCUT2D eigenvalue weighted by Crippen LogP contribution is -2.35. The van der Waals surface area contributed by atoms with E-state index in [-0.39, 0.29) is 5.47 Å². The molecule has 5 atom stereocenters. The van der Waals surface area contributed by atoms with Gasteiger partial charge in [0.1, 0.15) is 26.2 Å². The number of hydrogen-bond acceptors (Lipinski definition) is 5. The van der Waals surface area contributed by atoms with E-state index in [0.717, 1.165) is 18.5 Å². The molecule has 1 aromatic carbocycles. The van der Waals surface area contributed by atoms with E-state index in [1.807, 2.05) is 30.3 Å². The summed E-state index contributed by atoms with van der Waals surface area (Å²) >= 11 is 0. The van der Waals surface area contributed by atoms with E-state index in [1.165, 1.54) is 7.11 Å². The molecule has 8 heteroatoms. The van der Waals surface area contributed by atoms with Gasteiger partial charge in [0, 0.05) is 27.1 Å². The molecular formula is C15H20BO6P. The average molecular weight is 338 g/mol. The van der Waals surface area contributed by atoms with Crippen molar-refractivity contribution in [3.63, 3.8) is 0 Å². The van der Waals surface area contributed by atoms with Gasteiger partial charge >= 0.3 is 7.60 Å². The molecule has 1 aliphatic rings. The Hall–Kier alpha value is -0.945. The van der Waals surface area contributed by atoms with Crippen LogP contribution in [0.15, 0.2) is 41.6 Å². The highest BCUT2D eigenvalue weighted by molar-refractivity contribution is 7.56. The van der Waals surface area contributed by atoms with Crippen LogP contribution in [-0.2, 0) is 23.3 Å². The summed E-state index contributed by atoms with van der Waals surface area (Å²) in [6.45, 7) is 0. The first-order valence-electron chi connectivity index (χ1n) is 7.06. The molecular weight excluding hydrogens is 318 g/mol. The highest BCUT2D eigenvalue weighted by Gasteiger charge is 2.46. The van der Waals surface area contributed by atoms with Crippen molar-refractivity contribution in [3.05, 3.63) is 47.2 Å². The van der Waals surface area contributed by atoms with Gasteiger partial charge in [-0.2, -0.15) is 0 Å². The van der Waals surface area contributed by atoms with Gasteiger partial charge in [-0.25, -0.2) is 0 Å². The third kappa shape index (κ3) is 4.12. The molecule has 0 aliphatic carbocycles. The van der Waals surface area contributed by atoms with Gasteiger partial charge < -0.3 is 23.6 Å². The lowest BCUT2D eigenvalue weighted by Gasteiger charge is -2.22. The highest BCUT2D eigenvalue weighted by atomic mass is 31.2. The lowest BCUT2D eigenvalue weighted by atomic mass is 9.88. The molecule has 0 aromatic heterocycles. The second kappa shape index (κ2) is 7.75. The summed E-state index contributed by atoms with van der Waals surface area (Å²) in [6, 6.07) is 9.52. The summed E-state index contributed by atoms with van der Waals surface area (Å²) in [6.07, 6.45) is -2.03. The second-order valence-electron chi connectivity index (χ2n) is 5.16. The SMILES string of the molecule is [B]/C(=C\P(=O)(O)OC)[C@H]1O[C@@H](c2ccccc2)[C@H](OC)[C@@H]1OC. The van der Waals surface area contributed by atoms with Gasteiger partial charge in [0.15, 0.2) is 0 Å². The third-order valence-corrected chi connectivity index (χ3v) is 4.94. The Morgan fingerprint density at radius 3 is 2.35 bits per heavy atom. The van der Waals surface area contributed by atoms with E-state index in [1.54, 1.807) is 7.11 Å². The number of hydrogen-bond donors (Lipinski definition) is 1. The highest BCUT2D eigenvalue weighted by Crippen LogP contribution is 2.46. The lowest BCUT2D eigenvalue weighted by molar-refractivity contribution is -0.0265. The minimum Gasteiger partial charge on any atom is -0.376 e. The Bertz CT molecular complexity index is 593. The fraction of sp³-hybridized carbons (Fsp3) is 0.467. The van der Waals surface area contributed by atoms with Crippen LogP contribution in [0, 0.1) is 0 Å². The molecule has 1 saturated heterocycles. The first-order chi connectivity index (χ1) is 10.9. The Morgan fingerprint density at radius 1 is 1.22 bits per heavy atom. The van der Waals surface area contributed by atoms with Crippen LogP contribution in [0.3, 0.4) is 0 Å². The summed E-state index contributed by atoms with van der Waals surface area (Å²) in [7, 11) is 6.26. The van der Waals surface area contributed by atoms with Gasteiger partial charge in [-0.15, -0.1) is 0 Å². The van der Waals surface area contributed by atoms with Crippen LogP contribution in [0.5, 0.6) is 0 Å². The molecule has 1 N–H and O–H groups in total. The number of rotatable bonds is 6. The molecule has 1 heterocycles. The van der Waals surface area contributed by atoms with E-state index >= 15 is 0 Å². The van der Waals surface area contributed by atoms with Gasteiger partial charge in [0.05, 0.1) is 6.10 Å². The zero-order chi connectivity index (χ0) is 17.0. The number of benzene rings is 1. The molecule has 2 rings (SSSR count). The summed E-state index contributed by atoms with van der Waals surface area (Å²) < 4.78 is 33.2. The van der Waals surface area contributed by atoms with Gasteiger partial charge in [0.2, 0.25) is 0 Å². The van der Waals surface area contributed by atoms with Crippen molar-refractivity contribution in [3.8, 4) is 0 Å². The molecule has 0 amide bonds. The van der Waals surface area contributed by atoms with Crippen molar-refractivity contribution >= 4 is 15.4 Å². The van der Waals surface area contributed by atoms with E-state index < -0.39 is 32.0 Å². The Morgan fingerprint density at radius 2 is 1.83 bits per heavy atom. The van der Waals surface area contributed by atoms with E-state index in [0.29, 0.717) is 0 Å². The van der Waals surface area contributed by atoms with E-state index in [9.17, 15) is 9.46 Å². The summed E-state index contributed by atoms with van der Waals surface area (Å²) in [5.41, 5.74) is 0.987. The topological polar surface area (TPSA) is 74.2 Å². The Labute approximate surface area is 137 Å². The number of methoxy groups -OCH3 is 2. The zero-order valence-electron chi connectivity index (χ0n) is 13.3. The largest absolute Gasteiger partial charge is 0.376 e. The minimum absolute atomic E-state index is 0.0741. The zero-order valence-corrected chi connectivity index (χ0v) is 14.2. The molecule has 124 valence electrons. The summed E-state index contributed by atoms with van der Waals surface area (Å²) in [5, 5.41) is 0. The van der Waals surface area contributed by atoms with Crippen molar-refractivity contribution in [2.75, 3.05) is 21.3 Å². The molecule has 1 aromatic rings. The minimum atomic E-state index is -3.90. The first-order valence-corrected chi connectivity index (χ1v) is 8.70. The van der Waals surface area contributed by atoms with Crippen molar-refractivity contribution in [1.29, 1.82) is 0 Å². The number of ether oxygens (including phenoxy) is 3. The average Bonchev–Trinajstić information content (AvgIpc) is 2.94. The van der Waals surface area contributed by atoms with Crippen LogP contribution in [0.25, 0.3) is 0 Å². The van der Waals surface area contributed by atoms with E-state index in [4.69, 9.17) is 22.1 Å². The van der Waals surface area contributed by atoms with Crippen LogP contribution in [0.4, 0.5) is 0 Å². The fourth-order valence-electron chi connectivity index (χ4n) is 2.67. The molecule has 1 unspecified atom stereocenters. The maximum atomic E-state index is 11.7. The predicted molar refractivity (Wildman–Crippen MR) is 86.3 cm³/mol. The van der Waals surface area contributed by atoms with Gasteiger partial charge in [-0.05, 0) is 5.56 Å². The standard InChI is InChI=1S/C15H20BO6P/c1-19-14-12(10-7-5-4-6-8-10)22-13(15(14)20-2)11(16)9-23(17,18)21-3/h4-9,12-15H,1-3H3,(H,17,18)/b11-9-/t12-,13+,14-,15+/m0/s1. The third-order valence-electron chi connectivity index (χ3n) is 3.79. The molecule has 2 radical (unpaired) electrons. The van der Waals surface area contributed by atoms with Crippen LogP contribution >= 0.6 is 7.60 Å². The maximum Gasteiger partial charge on any atom is 0.350 e. The molecule has 0 spiro atoms. The van der Waals surface area contributed by atoms with Gasteiger partial charge in [-0.1, -0.05) is 35.8 Å². The molecule has 1 aliphatic heterocycles. The van der Waals surface area contributed by atoms with E-state index in [2.05, 4.69) is 4.52 Å². The summed E-state index contributed by atoms with van der Waals surface area (Å²) in [5.74, 6) is 0.976. The predicted octanol–water partition coefficient (Wildman–Crippen LogP) is 2.00. The van der Waals surface area contributed by atoms with Crippen LogP contribution in [0.1, 0.15) is 11.7 Å². The van der Waals surface area contributed by atoms with Crippen molar-refractivity contribution in [2.24, 2.45) is 0 Å². The Balaban J connectivity index is 2.33. The molecule has 0 bridgehead atoms. The van der Waals surface area contributed by atoms with Crippen molar-refractivity contribution in [2.45, 2.75) is 24.4 Å². The second-order valence-corrected chi connectivity index (χ2v) is 6.92. The van der Waals surface area contributed by atoms with Gasteiger partial charge in [-0.3, -0.25) is 4.57 Å². The summed E-state index contributed by atoms with van der Waals surface area (Å²) in [4.78, 5) is 9.57. The quantitative estimate of drug-likeness (QED) is 0.632. The maximum absolute atomic E-state index is 11.7. The molecule has 1 fully saturated rings. The van der Waals surface area contributed by atoms with Crippen molar-refractivity contribution < 1.29 is 28.2 Å². The van der Waals surface area contributed by atoms with Crippen LogP contribution < -0.4 is 0 Å². The van der Waals surface area contributed by atoms with Gasteiger partial charge in [0.25, 0.3) is 0 Å². The molecule has 0 saturated carbocycles. The fourth-order valence-corrected chi connectivity index (χ4v) is 3.30. The molecule has 6 nitrogen and oxygen atoms in total.